The lowest BCUT2D eigenvalue weighted by molar-refractivity contribution is -0.116. The van der Waals surface area contributed by atoms with Crippen LogP contribution in [-0.4, -0.2) is 25.8 Å². The van der Waals surface area contributed by atoms with Crippen molar-refractivity contribution in [3.8, 4) is 11.4 Å². The van der Waals surface area contributed by atoms with Gasteiger partial charge in [0.15, 0.2) is 5.82 Å². The molecule has 0 unspecified atom stereocenters. The molecule has 0 radical (unpaired) electrons. The fraction of sp³-hybridized carbons (Fsp3) is 0.174. The summed E-state index contributed by atoms with van der Waals surface area (Å²) in [5.41, 5.74) is 2.16. The van der Waals surface area contributed by atoms with Crippen molar-refractivity contribution in [3.63, 3.8) is 0 Å². The van der Waals surface area contributed by atoms with Crippen molar-refractivity contribution in [1.82, 2.24) is 19.9 Å². The number of fused-ring (bicyclic) bond motifs is 1. The van der Waals surface area contributed by atoms with E-state index in [1.807, 2.05) is 49.4 Å². The van der Waals surface area contributed by atoms with Gasteiger partial charge in [-0.2, -0.15) is 0 Å². The topological polar surface area (TPSA) is 101 Å². The first-order valence-electron chi connectivity index (χ1n) is 9.77. The number of H-pyrrole nitrogens is 1. The molecule has 7 nitrogen and oxygen atoms in total. The van der Waals surface area contributed by atoms with Crippen molar-refractivity contribution in [1.29, 1.82) is 0 Å². The SMILES string of the molecule is Cc1cc(NC(=O)CCCc2nc3ccccc3c(=O)[nH]2)nc(-c2ccccc2)n1. The Hall–Kier alpha value is -3.87. The Morgan fingerprint density at radius 1 is 1.00 bits per heavy atom. The summed E-state index contributed by atoms with van der Waals surface area (Å²) in [6.45, 7) is 1.87. The molecule has 30 heavy (non-hydrogen) atoms. The molecule has 1 amide bonds. The quantitative estimate of drug-likeness (QED) is 0.515. The van der Waals surface area contributed by atoms with Crippen LogP contribution in [0.15, 0.2) is 65.5 Å². The van der Waals surface area contributed by atoms with Crippen LogP contribution in [0.25, 0.3) is 22.3 Å². The summed E-state index contributed by atoms with van der Waals surface area (Å²) in [5, 5.41) is 3.40. The van der Waals surface area contributed by atoms with E-state index < -0.39 is 0 Å². The summed E-state index contributed by atoms with van der Waals surface area (Å²) in [5.74, 6) is 1.48. The molecule has 0 atom stereocenters. The van der Waals surface area contributed by atoms with Crippen molar-refractivity contribution in [2.45, 2.75) is 26.2 Å². The largest absolute Gasteiger partial charge is 0.311 e. The van der Waals surface area contributed by atoms with E-state index in [1.54, 1.807) is 18.2 Å². The lowest BCUT2D eigenvalue weighted by atomic mass is 10.2. The first kappa shape index (κ1) is 19.4. The number of amides is 1. The second-order valence-electron chi connectivity index (χ2n) is 7.02. The highest BCUT2D eigenvalue weighted by molar-refractivity contribution is 5.90. The zero-order valence-corrected chi connectivity index (χ0v) is 16.6. The Morgan fingerprint density at radius 3 is 2.60 bits per heavy atom. The third kappa shape index (κ3) is 4.57. The number of hydrogen-bond acceptors (Lipinski definition) is 5. The maximum absolute atomic E-state index is 12.4. The standard InChI is InChI=1S/C23H21N5O2/c1-15-14-20(27-22(24-15)16-8-3-2-4-9-16)26-21(29)13-7-12-19-25-18-11-6-5-10-17(18)23(30)28-19/h2-6,8-11,14H,7,12-13H2,1H3,(H,25,28,30)(H,24,26,27,29). The highest BCUT2D eigenvalue weighted by Gasteiger charge is 2.09. The molecule has 7 heteroatoms. The Bertz CT molecular complexity index is 1250. The summed E-state index contributed by atoms with van der Waals surface area (Å²) < 4.78 is 0. The number of aromatic nitrogens is 4. The van der Waals surface area contributed by atoms with Gasteiger partial charge in [0.1, 0.15) is 11.6 Å². The van der Waals surface area contributed by atoms with E-state index >= 15 is 0 Å². The van der Waals surface area contributed by atoms with Crippen LogP contribution in [0.2, 0.25) is 0 Å². The molecule has 0 aliphatic heterocycles. The predicted octanol–water partition coefficient (Wildman–Crippen LogP) is 3.65. The van der Waals surface area contributed by atoms with E-state index in [0.29, 0.717) is 47.6 Å². The van der Waals surface area contributed by atoms with Gasteiger partial charge in [-0.15, -0.1) is 0 Å². The van der Waals surface area contributed by atoms with Gasteiger partial charge in [0.25, 0.3) is 5.56 Å². The van der Waals surface area contributed by atoms with Crippen LogP contribution < -0.4 is 10.9 Å². The Morgan fingerprint density at radius 2 is 1.77 bits per heavy atom. The number of hydrogen-bond donors (Lipinski definition) is 2. The van der Waals surface area contributed by atoms with Gasteiger partial charge < -0.3 is 10.3 Å². The number of carbonyl (C=O) groups is 1. The van der Waals surface area contributed by atoms with Crippen LogP contribution >= 0.6 is 0 Å². The maximum atomic E-state index is 12.4. The monoisotopic (exact) mass is 399 g/mol. The van der Waals surface area contributed by atoms with Gasteiger partial charge in [-0.3, -0.25) is 9.59 Å². The fourth-order valence-electron chi connectivity index (χ4n) is 3.22. The predicted molar refractivity (Wildman–Crippen MR) is 116 cm³/mol. The average Bonchev–Trinajstić information content (AvgIpc) is 2.74. The van der Waals surface area contributed by atoms with Crippen molar-refractivity contribution in [2.75, 3.05) is 5.32 Å². The zero-order valence-electron chi connectivity index (χ0n) is 16.6. The number of benzene rings is 2. The maximum Gasteiger partial charge on any atom is 0.258 e. The van der Waals surface area contributed by atoms with E-state index in [2.05, 4.69) is 25.3 Å². The van der Waals surface area contributed by atoms with Crippen molar-refractivity contribution >= 4 is 22.6 Å². The highest BCUT2D eigenvalue weighted by Crippen LogP contribution is 2.17. The van der Waals surface area contributed by atoms with Crippen molar-refractivity contribution in [2.24, 2.45) is 0 Å². The molecular formula is C23H21N5O2. The number of aromatic amines is 1. The number of anilines is 1. The normalized spacial score (nSPS) is 10.8. The Kier molecular flexibility index (Phi) is 5.61. The lowest BCUT2D eigenvalue weighted by Gasteiger charge is -2.08. The van der Waals surface area contributed by atoms with Gasteiger partial charge in [0.2, 0.25) is 5.91 Å². The molecule has 150 valence electrons. The number of nitrogens with zero attached hydrogens (tertiary/aromatic N) is 3. The minimum Gasteiger partial charge on any atom is -0.311 e. The summed E-state index contributed by atoms with van der Waals surface area (Å²) in [4.78, 5) is 40.7. The second kappa shape index (κ2) is 8.65. The van der Waals surface area contributed by atoms with Crippen LogP contribution in [0.1, 0.15) is 24.4 Å². The van der Waals surface area contributed by atoms with Crippen LogP contribution in [0.4, 0.5) is 5.82 Å². The first-order chi connectivity index (χ1) is 14.6. The van der Waals surface area contributed by atoms with E-state index in [9.17, 15) is 9.59 Å². The van der Waals surface area contributed by atoms with Crippen LogP contribution in [0.5, 0.6) is 0 Å². The number of rotatable bonds is 6. The van der Waals surface area contributed by atoms with Crippen LogP contribution in [0.3, 0.4) is 0 Å². The van der Waals surface area contributed by atoms with Crippen molar-refractivity contribution in [3.05, 3.63) is 82.5 Å². The Balaban J connectivity index is 1.39. The van der Waals surface area contributed by atoms with Crippen LogP contribution in [-0.2, 0) is 11.2 Å². The number of nitrogens with one attached hydrogen (secondary N) is 2. The number of aryl methyl sites for hydroxylation is 2. The molecule has 0 fully saturated rings. The summed E-state index contributed by atoms with van der Waals surface area (Å²) in [6, 6.07) is 18.6. The zero-order chi connectivity index (χ0) is 20.9. The number of para-hydroxylation sites is 1. The van der Waals surface area contributed by atoms with Crippen LogP contribution in [0, 0.1) is 6.92 Å². The van der Waals surface area contributed by atoms with Gasteiger partial charge in [-0.05, 0) is 25.5 Å². The molecule has 2 heterocycles. The van der Waals surface area contributed by atoms with Gasteiger partial charge in [0.05, 0.1) is 10.9 Å². The first-order valence-corrected chi connectivity index (χ1v) is 9.77. The fourth-order valence-corrected chi connectivity index (χ4v) is 3.22. The van der Waals surface area contributed by atoms with Gasteiger partial charge in [-0.1, -0.05) is 42.5 Å². The lowest BCUT2D eigenvalue weighted by Crippen LogP contribution is -2.15. The van der Waals surface area contributed by atoms with E-state index in [1.165, 1.54) is 0 Å². The highest BCUT2D eigenvalue weighted by atomic mass is 16.1. The molecule has 2 N–H and O–H groups in total. The molecule has 4 rings (SSSR count). The van der Waals surface area contributed by atoms with Gasteiger partial charge >= 0.3 is 0 Å². The van der Waals surface area contributed by atoms with E-state index in [4.69, 9.17) is 0 Å². The van der Waals surface area contributed by atoms with Crippen molar-refractivity contribution < 1.29 is 4.79 Å². The molecule has 0 spiro atoms. The average molecular weight is 399 g/mol. The molecule has 2 aromatic heterocycles. The molecule has 0 saturated carbocycles. The summed E-state index contributed by atoms with van der Waals surface area (Å²) in [6.07, 6.45) is 1.36. The molecular weight excluding hydrogens is 378 g/mol. The molecule has 0 saturated heterocycles. The van der Waals surface area contributed by atoms with E-state index in [0.717, 1.165) is 11.3 Å². The number of carbonyl (C=O) groups excluding carboxylic acids is 1. The summed E-state index contributed by atoms with van der Waals surface area (Å²) in [7, 11) is 0. The Labute approximate surface area is 173 Å². The van der Waals surface area contributed by atoms with Gasteiger partial charge in [0, 0.05) is 30.2 Å². The minimum absolute atomic E-state index is 0.143. The summed E-state index contributed by atoms with van der Waals surface area (Å²) >= 11 is 0. The molecule has 4 aromatic rings. The molecule has 0 bridgehead atoms. The minimum atomic E-state index is -0.162. The molecule has 0 aliphatic carbocycles. The second-order valence-corrected chi connectivity index (χ2v) is 7.02. The smallest absolute Gasteiger partial charge is 0.258 e. The van der Waals surface area contributed by atoms with E-state index in [-0.39, 0.29) is 11.5 Å². The molecule has 2 aromatic carbocycles. The molecule has 0 aliphatic rings. The third-order valence-corrected chi connectivity index (χ3v) is 4.63. The third-order valence-electron chi connectivity index (χ3n) is 4.63. The van der Waals surface area contributed by atoms with Gasteiger partial charge in [-0.25, -0.2) is 15.0 Å².